The predicted octanol–water partition coefficient (Wildman–Crippen LogP) is 3.87. The summed E-state index contributed by atoms with van der Waals surface area (Å²) in [5.41, 5.74) is 4.40. The van der Waals surface area contributed by atoms with Crippen LogP contribution in [0, 0.1) is 20.8 Å². The van der Waals surface area contributed by atoms with Gasteiger partial charge in [-0.05, 0) is 55.7 Å². The van der Waals surface area contributed by atoms with Gasteiger partial charge in [0.15, 0.2) is 0 Å². The lowest BCUT2D eigenvalue weighted by molar-refractivity contribution is -0.138. The minimum atomic E-state index is -0.840. The van der Waals surface area contributed by atoms with Crippen LogP contribution in [-0.4, -0.2) is 43.2 Å². The number of rotatable bonds is 8. The van der Waals surface area contributed by atoms with Crippen LogP contribution in [0.5, 0.6) is 17.2 Å². The number of ether oxygens (including phenoxy) is 3. The summed E-state index contributed by atoms with van der Waals surface area (Å²) in [4.78, 5) is 11.2. The van der Waals surface area contributed by atoms with Crippen molar-refractivity contribution in [3.05, 3.63) is 52.6 Å². The lowest BCUT2D eigenvalue weighted by Gasteiger charge is -2.18. The molecule has 1 heterocycles. The van der Waals surface area contributed by atoms with Crippen LogP contribution in [0.4, 0.5) is 0 Å². The number of carboxylic acids is 1. The van der Waals surface area contributed by atoms with Crippen molar-refractivity contribution in [3.8, 4) is 17.2 Å². The summed E-state index contributed by atoms with van der Waals surface area (Å²) in [6.07, 6.45) is 0. The molecule has 2 aromatic carbocycles. The van der Waals surface area contributed by atoms with Crippen LogP contribution in [0.15, 0.2) is 30.3 Å². The molecule has 0 aliphatic carbocycles. The molecule has 1 aliphatic rings. The van der Waals surface area contributed by atoms with Gasteiger partial charge in [-0.3, -0.25) is 10.1 Å². The highest BCUT2D eigenvalue weighted by Crippen LogP contribution is 2.39. The number of thioether (sulfide) groups is 1. The van der Waals surface area contributed by atoms with Gasteiger partial charge in [0, 0.05) is 17.4 Å². The van der Waals surface area contributed by atoms with Crippen LogP contribution in [0.25, 0.3) is 0 Å². The molecule has 1 fully saturated rings. The molecule has 0 aromatic heterocycles. The topological polar surface area (TPSA) is 77.0 Å². The van der Waals surface area contributed by atoms with Crippen LogP contribution < -0.4 is 19.5 Å². The molecule has 6 nitrogen and oxygen atoms in total. The average Bonchev–Trinajstić information content (AvgIpc) is 3.19. The molecule has 1 saturated heterocycles. The molecule has 2 atom stereocenters. The molecule has 3 rings (SSSR count). The van der Waals surface area contributed by atoms with E-state index in [4.69, 9.17) is 14.2 Å². The zero-order valence-electron chi connectivity index (χ0n) is 17.2. The fraction of sp³-hybridized carbons (Fsp3) is 0.409. The third-order valence-corrected chi connectivity index (χ3v) is 6.20. The monoisotopic (exact) mass is 417 g/mol. The first-order valence-electron chi connectivity index (χ1n) is 9.51. The van der Waals surface area contributed by atoms with Crippen molar-refractivity contribution in [1.29, 1.82) is 0 Å². The van der Waals surface area contributed by atoms with E-state index in [9.17, 15) is 9.90 Å². The third kappa shape index (κ3) is 5.16. The maximum atomic E-state index is 11.2. The van der Waals surface area contributed by atoms with Crippen molar-refractivity contribution < 1.29 is 24.1 Å². The van der Waals surface area contributed by atoms with Crippen molar-refractivity contribution in [2.75, 3.05) is 26.1 Å². The van der Waals surface area contributed by atoms with Gasteiger partial charge in [0.2, 0.25) is 0 Å². The summed E-state index contributed by atoms with van der Waals surface area (Å²) >= 11 is 1.56. The second kappa shape index (κ2) is 9.41. The Kier molecular flexibility index (Phi) is 6.92. The lowest BCUT2D eigenvalue weighted by Crippen LogP contribution is -2.33. The highest BCUT2D eigenvalue weighted by molar-refractivity contribution is 7.99. The number of aryl methyl sites for hydroxylation is 2. The summed E-state index contributed by atoms with van der Waals surface area (Å²) in [5, 5.41) is 12.2. The summed E-state index contributed by atoms with van der Waals surface area (Å²) in [6.45, 7) is 6.95. The Hall–Kier alpha value is -2.38. The standard InChI is InChI=1S/C22H27NO5S/c1-13-9-14(2)15(3)19(10-13)27-7-8-28-20-11-16(26-4)5-6-17(20)21-23-18(12-29-21)22(24)25/h5-6,9-11,18,21,23H,7-8,12H2,1-4H3,(H,24,25). The van der Waals surface area contributed by atoms with Crippen molar-refractivity contribution in [2.24, 2.45) is 0 Å². The van der Waals surface area contributed by atoms with Crippen molar-refractivity contribution in [3.63, 3.8) is 0 Å². The van der Waals surface area contributed by atoms with Crippen LogP contribution in [0.2, 0.25) is 0 Å². The molecule has 2 aromatic rings. The Morgan fingerprint density at radius 2 is 1.86 bits per heavy atom. The molecule has 29 heavy (non-hydrogen) atoms. The van der Waals surface area contributed by atoms with Crippen molar-refractivity contribution in [2.45, 2.75) is 32.2 Å². The quantitative estimate of drug-likeness (QED) is 0.632. The largest absolute Gasteiger partial charge is 0.497 e. The molecule has 2 N–H and O–H groups in total. The molecule has 0 radical (unpaired) electrons. The Morgan fingerprint density at radius 1 is 1.14 bits per heavy atom. The summed E-state index contributed by atoms with van der Waals surface area (Å²) < 4.78 is 17.3. The Bertz CT molecular complexity index is 886. The average molecular weight is 418 g/mol. The minimum absolute atomic E-state index is 0.139. The molecule has 1 aliphatic heterocycles. The van der Waals surface area contributed by atoms with Crippen LogP contribution in [0.3, 0.4) is 0 Å². The lowest BCUT2D eigenvalue weighted by atomic mass is 10.1. The second-order valence-electron chi connectivity index (χ2n) is 7.08. The van der Waals surface area contributed by atoms with E-state index < -0.39 is 12.0 Å². The second-order valence-corrected chi connectivity index (χ2v) is 8.21. The Morgan fingerprint density at radius 3 is 2.52 bits per heavy atom. The predicted molar refractivity (Wildman–Crippen MR) is 114 cm³/mol. The van der Waals surface area contributed by atoms with Gasteiger partial charge in [-0.25, -0.2) is 0 Å². The van der Waals surface area contributed by atoms with E-state index in [1.54, 1.807) is 18.9 Å². The number of carboxylic acid groups (broad SMARTS) is 1. The van der Waals surface area contributed by atoms with Gasteiger partial charge in [0.05, 0.1) is 12.5 Å². The molecule has 0 bridgehead atoms. The smallest absolute Gasteiger partial charge is 0.321 e. The van der Waals surface area contributed by atoms with E-state index in [0.717, 1.165) is 22.4 Å². The highest BCUT2D eigenvalue weighted by atomic mass is 32.2. The number of hydrogen-bond acceptors (Lipinski definition) is 6. The normalized spacial score (nSPS) is 18.5. The van der Waals surface area contributed by atoms with Gasteiger partial charge in [-0.1, -0.05) is 6.07 Å². The first-order valence-corrected chi connectivity index (χ1v) is 10.6. The zero-order chi connectivity index (χ0) is 21.0. The number of methoxy groups -OCH3 is 1. The number of hydrogen-bond donors (Lipinski definition) is 2. The first kappa shape index (κ1) is 21.3. The summed E-state index contributed by atoms with van der Waals surface area (Å²) in [7, 11) is 1.60. The molecule has 2 unspecified atom stereocenters. The molecule has 156 valence electrons. The third-order valence-electron chi connectivity index (χ3n) is 4.95. The summed E-state index contributed by atoms with van der Waals surface area (Å²) in [5.74, 6) is 1.90. The first-order chi connectivity index (χ1) is 13.9. The van der Waals surface area contributed by atoms with Gasteiger partial charge >= 0.3 is 5.97 Å². The Labute approximate surface area is 175 Å². The van der Waals surface area contributed by atoms with Crippen LogP contribution >= 0.6 is 11.8 Å². The molecular formula is C22H27NO5S. The van der Waals surface area contributed by atoms with Gasteiger partial charge in [-0.15, -0.1) is 11.8 Å². The van der Waals surface area contributed by atoms with Gasteiger partial charge in [-0.2, -0.15) is 0 Å². The van der Waals surface area contributed by atoms with Gasteiger partial charge < -0.3 is 19.3 Å². The van der Waals surface area contributed by atoms with E-state index in [1.807, 2.05) is 31.2 Å². The molecule has 7 heteroatoms. The Balaban J connectivity index is 1.66. The van der Waals surface area contributed by atoms with E-state index in [1.165, 1.54) is 5.56 Å². The number of benzene rings is 2. The fourth-order valence-corrected chi connectivity index (χ4v) is 4.49. The van der Waals surface area contributed by atoms with E-state index in [-0.39, 0.29) is 5.37 Å². The number of carbonyl (C=O) groups is 1. The van der Waals surface area contributed by atoms with Gasteiger partial charge in [0.25, 0.3) is 0 Å². The van der Waals surface area contributed by atoms with Crippen molar-refractivity contribution >= 4 is 17.7 Å². The van der Waals surface area contributed by atoms with E-state index in [2.05, 4.69) is 25.2 Å². The maximum absolute atomic E-state index is 11.2. The number of nitrogens with one attached hydrogen (secondary N) is 1. The van der Waals surface area contributed by atoms with Crippen LogP contribution in [0.1, 0.15) is 27.6 Å². The van der Waals surface area contributed by atoms with Gasteiger partial charge in [0.1, 0.15) is 36.5 Å². The molecule has 0 amide bonds. The number of aliphatic carboxylic acids is 1. The minimum Gasteiger partial charge on any atom is -0.497 e. The highest BCUT2D eigenvalue weighted by Gasteiger charge is 2.32. The molecule has 0 saturated carbocycles. The van der Waals surface area contributed by atoms with Crippen LogP contribution in [-0.2, 0) is 4.79 Å². The summed E-state index contributed by atoms with van der Waals surface area (Å²) in [6, 6.07) is 9.21. The van der Waals surface area contributed by atoms with Crippen molar-refractivity contribution in [1.82, 2.24) is 5.32 Å². The molecule has 0 spiro atoms. The SMILES string of the molecule is COc1ccc(C2NC(C(=O)O)CS2)c(OCCOc2cc(C)cc(C)c2C)c1. The van der Waals surface area contributed by atoms with E-state index >= 15 is 0 Å². The fourth-order valence-electron chi connectivity index (χ4n) is 3.23. The van der Waals surface area contributed by atoms with E-state index in [0.29, 0.717) is 30.5 Å². The zero-order valence-corrected chi connectivity index (χ0v) is 18.0. The molecular weight excluding hydrogens is 390 g/mol. The maximum Gasteiger partial charge on any atom is 0.321 e.